The Morgan fingerprint density at radius 2 is 1.88 bits per heavy atom. The number of benzene rings is 1. The van der Waals surface area contributed by atoms with Gasteiger partial charge in [0, 0.05) is 19.7 Å². The van der Waals surface area contributed by atoms with E-state index in [0.29, 0.717) is 5.01 Å². The van der Waals surface area contributed by atoms with Crippen LogP contribution in [0.3, 0.4) is 0 Å². The smallest absolute Gasteiger partial charge is 0.284 e. The van der Waals surface area contributed by atoms with Crippen molar-refractivity contribution in [1.29, 1.82) is 0 Å². The molecule has 82 valence electrons. The molecule has 0 saturated heterocycles. The lowest BCUT2D eigenvalue weighted by atomic mass is 10.2. The predicted octanol–water partition coefficient (Wildman–Crippen LogP) is 1.91. The summed E-state index contributed by atoms with van der Waals surface area (Å²) in [6, 6.07) is 9.71. The minimum absolute atomic E-state index is 0.111. The van der Waals surface area contributed by atoms with Gasteiger partial charge in [0.1, 0.15) is 5.01 Å². The van der Waals surface area contributed by atoms with Crippen LogP contribution in [-0.2, 0) is 0 Å². The van der Waals surface area contributed by atoms with E-state index in [1.165, 1.54) is 16.2 Å². The molecule has 16 heavy (non-hydrogen) atoms. The summed E-state index contributed by atoms with van der Waals surface area (Å²) in [5.41, 5.74) is 0.984. The van der Waals surface area contributed by atoms with Gasteiger partial charge >= 0.3 is 0 Å². The third kappa shape index (κ3) is 2.09. The molecule has 2 rings (SSSR count). The molecule has 0 unspecified atom stereocenters. The molecule has 4 nitrogen and oxygen atoms in total. The number of hydrogen-bond donors (Lipinski definition) is 0. The zero-order valence-corrected chi connectivity index (χ0v) is 9.86. The van der Waals surface area contributed by atoms with E-state index in [9.17, 15) is 4.79 Å². The lowest BCUT2D eigenvalue weighted by Crippen LogP contribution is -2.21. The van der Waals surface area contributed by atoms with Gasteiger partial charge in [-0.25, -0.2) is 0 Å². The number of aromatic nitrogens is 2. The van der Waals surface area contributed by atoms with Gasteiger partial charge < -0.3 is 4.90 Å². The fourth-order valence-corrected chi connectivity index (χ4v) is 2.07. The van der Waals surface area contributed by atoms with Crippen molar-refractivity contribution < 1.29 is 4.79 Å². The summed E-state index contributed by atoms with van der Waals surface area (Å²) in [6.07, 6.45) is 0. The summed E-state index contributed by atoms with van der Waals surface area (Å²) in [4.78, 5) is 13.1. The van der Waals surface area contributed by atoms with Gasteiger partial charge in [-0.2, -0.15) is 0 Å². The summed E-state index contributed by atoms with van der Waals surface area (Å²) < 4.78 is 0. The molecule has 0 bridgehead atoms. The Labute approximate surface area is 97.6 Å². The Morgan fingerprint density at radius 1 is 1.19 bits per heavy atom. The Hall–Kier alpha value is -1.75. The number of amides is 1. The zero-order valence-electron chi connectivity index (χ0n) is 9.04. The lowest BCUT2D eigenvalue weighted by Gasteiger charge is -2.05. The van der Waals surface area contributed by atoms with Gasteiger partial charge in [-0.1, -0.05) is 41.7 Å². The van der Waals surface area contributed by atoms with Crippen LogP contribution in [0.25, 0.3) is 10.6 Å². The van der Waals surface area contributed by atoms with Crippen LogP contribution in [-0.4, -0.2) is 35.1 Å². The van der Waals surface area contributed by atoms with E-state index in [2.05, 4.69) is 10.2 Å². The summed E-state index contributed by atoms with van der Waals surface area (Å²) in [6.45, 7) is 0. The number of hydrogen-bond acceptors (Lipinski definition) is 4. The molecule has 0 aliphatic rings. The van der Waals surface area contributed by atoms with E-state index in [4.69, 9.17) is 0 Å². The Morgan fingerprint density at radius 3 is 2.50 bits per heavy atom. The minimum Gasteiger partial charge on any atom is -0.343 e. The van der Waals surface area contributed by atoms with Gasteiger partial charge in [0.2, 0.25) is 5.01 Å². The predicted molar refractivity (Wildman–Crippen MR) is 63.4 cm³/mol. The average molecular weight is 233 g/mol. The van der Waals surface area contributed by atoms with Crippen LogP contribution in [0.5, 0.6) is 0 Å². The molecule has 0 aliphatic carbocycles. The van der Waals surface area contributed by atoms with E-state index < -0.39 is 0 Å². The molecule has 2 aromatic rings. The topological polar surface area (TPSA) is 46.1 Å². The highest BCUT2D eigenvalue weighted by Crippen LogP contribution is 2.23. The van der Waals surface area contributed by atoms with Crippen LogP contribution in [0.15, 0.2) is 30.3 Å². The molecule has 5 heteroatoms. The van der Waals surface area contributed by atoms with Crippen molar-refractivity contribution in [1.82, 2.24) is 15.1 Å². The molecule has 0 N–H and O–H groups in total. The Kier molecular flexibility index (Phi) is 2.96. The van der Waals surface area contributed by atoms with E-state index in [1.807, 2.05) is 30.3 Å². The van der Waals surface area contributed by atoms with Gasteiger partial charge in [0.05, 0.1) is 0 Å². The SMILES string of the molecule is CN(C)C(=O)c1nnc(-c2ccccc2)s1. The highest BCUT2D eigenvalue weighted by Gasteiger charge is 2.14. The number of nitrogens with zero attached hydrogens (tertiary/aromatic N) is 3. The van der Waals surface area contributed by atoms with Gasteiger partial charge in [-0.3, -0.25) is 4.79 Å². The van der Waals surface area contributed by atoms with Gasteiger partial charge in [-0.05, 0) is 0 Å². The largest absolute Gasteiger partial charge is 0.343 e. The second kappa shape index (κ2) is 4.40. The Bertz CT molecular complexity index is 493. The monoisotopic (exact) mass is 233 g/mol. The van der Waals surface area contributed by atoms with Crippen molar-refractivity contribution in [3.63, 3.8) is 0 Å². The molecule has 0 aliphatic heterocycles. The van der Waals surface area contributed by atoms with E-state index in [0.717, 1.165) is 10.6 Å². The first-order chi connectivity index (χ1) is 7.68. The van der Waals surface area contributed by atoms with Crippen molar-refractivity contribution in [2.24, 2.45) is 0 Å². The fourth-order valence-electron chi connectivity index (χ4n) is 1.20. The van der Waals surface area contributed by atoms with E-state index >= 15 is 0 Å². The first-order valence-corrected chi connectivity index (χ1v) is 5.60. The molecule has 1 amide bonds. The number of carbonyl (C=O) groups is 1. The first kappa shape index (κ1) is 10.8. The second-order valence-electron chi connectivity index (χ2n) is 3.48. The third-order valence-corrected chi connectivity index (χ3v) is 3.00. The second-order valence-corrected chi connectivity index (χ2v) is 4.46. The van der Waals surface area contributed by atoms with Crippen molar-refractivity contribution in [3.8, 4) is 10.6 Å². The van der Waals surface area contributed by atoms with Crippen LogP contribution < -0.4 is 0 Å². The van der Waals surface area contributed by atoms with Crippen molar-refractivity contribution in [2.45, 2.75) is 0 Å². The maximum atomic E-state index is 11.6. The molecule has 0 atom stereocenters. The van der Waals surface area contributed by atoms with Crippen LogP contribution in [0, 0.1) is 0 Å². The van der Waals surface area contributed by atoms with Crippen LogP contribution in [0.4, 0.5) is 0 Å². The van der Waals surface area contributed by atoms with Crippen molar-refractivity contribution in [2.75, 3.05) is 14.1 Å². The summed E-state index contributed by atoms with van der Waals surface area (Å²) in [5, 5.41) is 9.09. The quantitative estimate of drug-likeness (QED) is 0.796. The average Bonchev–Trinajstić information content (AvgIpc) is 2.78. The third-order valence-electron chi connectivity index (χ3n) is 2.03. The van der Waals surface area contributed by atoms with Gasteiger partial charge in [0.15, 0.2) is 0 Å². The normalized spacial score (nSPS) is 10.1. The summed E-state index contributed by atoms with van der Waals surface area (Å²) in [7, 11) is 3.40. The van der Waals surface area contributed by atoms with E-state index in [-0.39, 0.29) is 5.91 Å². The summed E-state index contributed by atoms with van der Waals surface area (Å²) >= 11 is 1.31. The highest BCUT2D eigenvalue weighted by atomic mass is 32.1. The Balaban J connectivity index is 2.30. The molecule has 0 radical (unpaired) electrons. The molecule has 1 heterocycles. The van der Waals surface area contributed by atoms with Crippen LogP contribution in [0.2, 0.25) is 0 Å². The molecule has 1 aromatic heterocycles. The maximum Gasteiger partial charge on any atom is 0.284 e. The highest BCUT2D eigenvalue weighted by molar-refractivity contribution is 7.16. The van der Waals surface area contributed by atoms with Crippen LogP contribution >= 0.6 is 11.3 Å². The van der Waals surface area contributed by atoms with Gasteiger partial charge in [0.25, 0.3) is 5.91 Å². The molecule has 0 spiro atoms. The molecule has 0 fully saturated rings. The minimum atomic E-state index is -0.111. The van der Waals surface area contributed by atoms with Crippen molar-refractivity contribution in [3.05, 3.63) is 35.3 Å². The van der Waals surface area contributed by atoms with E-state index in [1.54, 1.807) is 14.1 Å². The standard InChI is InChI=1S/C11H11N3OS/c1-14(2)11(15)10-13-12-9(16-10)8-6-4-3-5-7-8/h3-7H,1-2H3. The first-order valence-electron chi connectivity index (χ1n) is 4.79. The van der Waals surface area contributed by atoms with Crippen LogP contribution in [0.1, 0.15) is 9.80 Å². The molecular formula is C11H11N3OS. The number of carbonyl (C=O) groups excluding carboxylic acids is 1. The zero-order chi connectivity index (χ0) is 11.5. The fraction of sp³-hybridized carbons (Fsp3) is 0.182. The molecule has 1 aromatic carbocycles. The van der Waals surface area contributed by atoms with Gasteiger partial charge in [-0.15, -0.1) is 10.2 Å². The number of rotatable bonds is 2. The lowest BCUT2D eigenvalue weighted by molar-refractivity contribution is 0.0826. The molecule has 0 saturated carbocycles. The molecular weight excluding hydrogens is 222 g/mol. The van der Waals surface area contributed by atoms with Crippen molar-refractivity contribution >= 4 is 17.2 Å². The maximum absolute atomic E-state index is 11.6. The summed E-state index contributed by atoms with van der Waals surface area (Å²) in [5.74, 6) is -0.111.